The van der Waals surface area contributed by atoms with Crippen LogP contribution in [-0.4, -0.2) is 21.2 Å². The van der Waals surface area contributed by atoms with Gasteiger partial charge in [0.15, 0.2) is 5.11 Å². The molecule has 3 aromatic rings. The van der Waals surface area contributed by atoms with Gasteiger partial charge in [0.1, 0.15) is 5.82 Å². The number of hydrogen-bond acceptors (Lipinski definition) is 5. The fourth-order valence-electron chi connectivity index (χ4n) is 1.96. The van der Waals surface area contributed by atoms with Gasteiger partial charge in [-0.25, -0.2) is 4.39 Å². The third-order valence-electron chi connectivity index (χ3n) is 3.17. The molecule has 7 nitrogen and oxygen atoms in total. The Morgan fingerprint density at radius 3 is 2.52 bits per heavy atom. The Morgan fingerprint density at radius 2 is 1.84 bits per heavy atom. The van der Waals surface area contributed by atoms with E-state index in [9.17, 15) is 9.18 Å². The van der Waals surface area contributed by atoms with Gasteiger partial charge in [-0.15, -0.1) is 10.2 Å². The number of hydrazine groups is 1. The number of carbonyl (C=O) groups excluding carboxylic acids is 1. The number of benzene rings is 2. The number of anilines is 1. The highest BCUT2D eigenvalue weighted by Crippen LogP contribution is 2.16. The van der Waals surface area contributed by atoms with Crippen LogP contribution in [0.5, 0.6) is 0 Å². The summed E-state index contributed by atoms with van der Waals surface area (Å²) in [5.41, 5.74) is 6.23. The maximum absolute atomic E-state index is 13.5. The highest BCUT2D eigenvalue weighted by Gasteiger charge is 2.09. The molecule has 1 heterocycles. The highest BCUT2D eigenvalue weighted by molar-refractivity contribution is 7.80. The minimum atomic E-state index is -0.449. The van der Waals surface area contributed by atoms with E-state index in [0.717, 1.165) is 0 Å². The van der Waals surface area contributed by atoms with E-state index in [1.54, 1.807) is 36.4 Å². The zero-order valence-electron chi connectivity index (χ0n) is 12.7. The van der Waals surface area contributed by atoms with E-state index in [4.69, 9.17) is 16.6 Å². The molecular formula is C16H12FN5O2S. The Hall–Kier alpha value is -3.33. The summed E-state index contributed by atoms with van der Waals surface area (Å²) in [6.45, 7) is 0. The van der Waals surface area contributed by atoms with Crippen LogP contribution >= 0.6 is 12.2 Å². The number of carbonyl (C=O) groups is 1. The Labute approximate surface area is 147 Å². The van der Waals surface area contributed by atoms with Crippen LogP contribution in [0, 0.1) is 5.82 Å². The lowest BCUT2D eigenvalue weighted by atomic mass is 10.1. The molecule has 9 heteroatoms. The molecule has 1 aromatic heterocycles. The molecule has 25 heavy (non-hydrogen) atoms. The molecule has 3 rings (SSSR count). The van der Waals surface area contributed by atoms with Crippen LogP contribution in [0.25, 0.3) is 11.5 Å². The first-order chi connectivity index (χ1) is 12.1. The lowest BCUT2D eigenvalue weighted by Gasteiger charge is -2.12. The number of para-hydroxylation sites is 1. The molecule has 1 amide bonds. The van der Waals surface area contributed by atoms with Crippen molar-refractivity contribution in [1.29, 1.82) is 0 Å². The van der Waals surface area contributed by atoms with Crippen molar-refractivity contribution >= 4 is 28.9 Å². The number of rotatable bonds is 3. The van der Waals surface area contributed by atoms with Crippen molar-refractivity contribution in [2.45, 2.75) is 0 Å². The number of nitrogens with one attached hydrogen (secondary N) is 3. The van der Waals surface area contributed by atoms with Crippen LogP contribution in [0.1, 0.15) is 10.4 Å². The van der Waals surface area contributed by atoms with Crippen molar-refractivity contribution in [1.82, 2.24) is 21.0 Å². The molecule has 0 bridgehead atoms. The monoisotopic (exact) mass is 357 g/mol. The largest absolute Gasteiger partial charge is 0.423 e. The summed E-state index contributed by atoms with van der Waals surface area (Å²) < 4.78 is 18.6. The molecule has 126 valence electrons. The Morgan fingerprint density at radius 1 is 1.08 bits per heavy atom. The topological polar surface area (TPSA) is 92.1 Å². The van der Waals surface area contributed by atoms with Gasteiger partial charge in [-0.2, -0.15) is 0 Å². The van der Waals surface area contributed by atoms with Crippen LogP contribution < -0.4 is 16.2 Å². The molecule has 0 aliphatic rings. The number of thiocarbonyl (C=S) groups is 1. The van der Waals surface area contributed by atoms with E-state index in [-0.39, 0.29) is 10.8 Å². The minimum absolute atomic E-state index is 0.0564. The van der Waals surface area contributed by atoms with Gasteiger partial charge in [-0.1, -0.05) is 12.1 Å². The summed E-state index contributed by atoms with van der Waals surface area (Å²) in [7, 11) is 0. The fourth-order valence-corrected chi connectivity index (χ4v) is 2.13. The summed E-state index contributed by atoms with van der Waals surface area (Å²) in [6, 6.07) is 12.6. The first kappa shape index (κ1) is 16.5. The normalized spacial score (nSPS) is 10.1. The smallest absolute Gasteiger partial charge is 0.269 e. The van der Waals surface area contributed by atoms with Crippen molar-refractivity contribution in [3.05, 3.63) is 66.3 Å². The van der Waals surface area contributed by atoms with Crippen molar-refractivity contribution in [2.75, 3.05) is 5.32 Å². The third kappa shape index (κ3) is 4.15. The van der Waals surface area contributed by atoms with E-state index in [2.05, 4.69) is 26.4 Å². The quantitative estimate of drug-likeness (QED) is 0.490. The number of amides is 1. The van der Waals surface area contributed by atoms with Gasteiger partial charge in [0.25, 0.3) is 5.91 Å². The molecule has 0 saturated heterocycles. The van der Waals surface area contributed by atoms with Crippen molar-refractivity contribution < 1.29 is 13.6 Å². The van der Waals surface area contributed by atoms with Gasteiger partial charge in [0.2, 0.25) is 12.3 Å². The van der Waals surface area contributed by atoms with E-state index in [1.807, 2.05) is 0 Å². The number of halogens is 1. The maximum atomic E-state index is 13.5. The predicted molar refractivity (Wildman–Crippen MR) is 93.0 cm³/mol. The summed E-state index contributed by atoms with van der Waals surface area (Å²) in [6.07, 6.45) is 1.23. The number of aromatic nitrogens is 2. The second kappa shape index (κ2) is 7.49. The Kier molecular flexibility index (Phi) is 4.95. The van der Waals surface area contributed by atoms with Gasteiger partial charge in [0.05, 0.1) is 5.69 Å². The Bertz CT molecular complexity index is 884. The fraction of sp³-hybridized carbons (Fsp3) is 0. The molecular weight excluding hydrogens is 345 g/mol. The van der Waals surface area contributed by atoms with Crippen LogP contribution in [0.4, 0.5) is 10.1 Å². The predicted octanol–water partition coefficient (Wildman–Crippen LogP) is 2.51. The highest BCUT2D eigenvalue weighted by atomic mass is 32.1. The summed E-state index contributed by atoms with van der Waals surface area (Å²) >= 11 is 5.01. The lowest BCUT2D eigenvalue weighted by Crippen LogP contribution is -2.43. The van der Waals surface area contributed by atoms with E-state index in [0.29, 0.717) is 17.0 Å². The molecule has 2 aromatic carbocycles. The van der Waals surface area contributed by atoms with Gasteiger partial charge in [0, 0.05) is 11.1 Å². The third-order valence-corrected chi connectivity index (χ3v) is 3.37. The molecule has 0 saturated carbocycles. The summed E-state index contributed by atoms with van der Waals surface area (Å²) in [4.78, 5) is 12.1. The van der Waals surface area contributed by atoms with Crippen LogP contribution in [-0.2, 0) is 0 Å². The molecule has 0 unspecified atom stereocenters. The van der Waals surface area contributed by atoms with E-state index < -0.39 is 11.7 Å². The van der Waals surface area contributed by atoms with Crippen LogP contribution in [0.3, 0.4) is 0 Å². The van der Waals surface area contributed by atoms with Crippen molar-refractivity contribution in [2.24, 2.45) is 0 Å². The first-order valence-electron chi connectivity index (χ1n) is 7.12. The minimum Gasteiger partial charge on any atom is -0.423 e. The van der Waals surface area contributed by atoms with E-state index in [1.165, 1.54) is 18.5 Å². The molecule has 0 spiro atoms. The molecule has 0 aliphatic heterocycles. The van der Waals surface area contributed by atoms with Gasteiger partial charge in [-0.05, 0) is 48.6 Å². The Balaban J connectivity index is 1.55. The van der Waals surface area contributed by atoms with Crippen molar-refractivity contribution in [3.63, 3.8) is 0 Å². The summed E-state index contributed by atoms with van der Waals surface area (Å²) in [5.74, 6) is -0.496. The zero-order valence-corrected chi connectivity index (χ0v) is 13.5. The molecule has 0 atom stereocenters. The number of nitrogens with zero attached hydrogens (tertiary/aromatic N) is 2. The maximum Gasteiger partial charge on any atom is 0.269 e. The van der Waals surface area contributed by atoms with E-state index >= 15 is 0 Å². The lowest BCUT2D eigenvalue weighted by molar-refractivity contribution is 0.0944. The zero-order chi connectivity index (χ0) is 17.6. The molecule has 0 radical (unpaired) electrons. The van der Waals surface area contributed by atoms with Gasteiger partial charge >= 0.3 is 0 Å². The second-order valence-corrected chi connectivity index (χ2v) is 5.24. The van der Waals surface area contributed by atoms with Crippen LogP contribution in [0.2, 0.25) is 0 Å². The van der Waals surface area contributed by atoms with Crippen LogP contribution in [0.15, 0.2) is 59.3 Å². The standard InChI is InChI=1S/C16H12FN5O2S/c17-12-3-1-2-4-13(12)19-16(25)22-20-14(23)10-5-7-11(8-6-10)15-21-18-9-24-15/h1-9H,(H,20,23)(H2,19,22,25). The summed E-state index contributed by atoms with van der Waals surface area (Å²) in [5, 5.41) is 10.1. The molecule has 0 aliphatic carbocycles. The molecule has 3 N–H and O–H groups in total. The first-order valence-corrected chi connectivity index (χ1v) is 7.53. The molecule has 0 fully saturated rings. The van der Waals surface area contributed by atoms with Crippen molar-refractivity contribution in [3.8, 4) is 11.5 Å². The average Bonchev–Trinajstić information content (AvgIpc) is 3.16. The average molecular weight is 357 g/mol. The van der Waals surface area contributed by atoms with Gasteiger partial charge in [-0.3, -0.25) is 15.6 Å². The SMILES string of the molecule is O=C(NNC(=S)Nc1ccccc1F)c1ccc(-c2nnco2)cc1. The number of hydrogen-bond donors (Lipinski definition) is 3. The second-order valence-electron chi connectivity index (χ2n) is 4.83. The van der Waals surface area contributed by atoms with Gasteiger partial charge < -0.3 is 9.73 Å².